The van der Waals surface area contributed by atoms with Crippen LogP contribution in [0.1, 0.15) is 84.5 Å². The lowest BCUT2D eigenvalue weighted by molar-refractivity contribution is -0.159. The van der Waals surface area contributed by atoms with E-state index in [1.807, 2.05) is 43.3 Å². The Morgan fingerprint density at radius 1 is 0.957 bits per heavy atom. The molecular formula is C35H48N4O7. The first-order valence-corrected chi connectivity index (χ1v) is 15.4. The third kappa shape index (κ3) is 11.4. The number of rotatable bonds is 12. The molecule has 46 heavy (non-hydrogen) atoms. The number of hydrogen-bond acceptors (Lipinski definition) is 8. The molecule has 11 heteroatoms. The van der Waals surface area contributed by atoms with Crippen molar-refractivity contribution in [3.63, 3.8) is 0 Å². The van der Waals surface area contributed by atoms with Gasteiger partial charge in [-0.3, -0.25) is 9.59 Å². The van der Waals surface area contributed by atoms with Gasteiger partial charge in [-0.15, -0.1) is 0 Å². The summed E-state index contributed by atoms with van der Waals surface area (Å²) in [6, 6.07) is 11.8. The molecule has 0 aliphatic carbocycles. The lowest BCUT2D eigenvalue weighted by Crippen LogP contribution is -2.56. The monoisotopic (exact) mass is 636 g/mol. The van der Waals surface area contributed by atoms with E-state index in [0.29, 0.717) is 17.5 Å². The molecule has 3 amide bonds. The lowest BCUT2D eigenvalue weighted by atomic mass is 9.95. The summed E-state index contributed by atoms with van der Waals surface area (Å²) in [5.41, 5.74) is -0.193. The highest BCUT2D eigenvalue weighted by Gasteiger charge is 2.40. The van der Waals surface area contributed by atoms with Gasteiger partial charge in [0.1, 0.15) is 41.6 Å². The van der Waals surface area contributed by atoms with Crippen LogP contribution in [-0.4, -0.2) is 63.7 Å². The number of aryl methyl sites for hydroxylation is 1. The number of benzene rings is 2. The molecule has 3 N–H and O–H groups in total. The minimum Gasteiger partial charge on any atom is -0.508 e. The van der Waals surface area contributed by atoms with Crippen molar-refractivity contribution >= 4 is 23.9 Å². The van der Waals surface area contributed by atoms with E-state index in [9.17, 15) is 29.5 Å². The van der Waals surface area contributed by atoms with E-state index in [1.165, 1.54) is 18.2 Å². The van der Waals surface area contributed by atoms with E-state index in [1.54, 1.807) is 55.4 Å². The largest absolute Gasteiger partial charge is 0.508 e. The van der Waals surface area contributed by atoms with Crippen molar-refractivity contribution in [2.45, 2.75) is 104 Å². The minimum atomic E-state index is -1.42. The molecule has 0 fully saturated rings. The number of nitrogens with zero attached hydrogens (tertiary/aromatic N) is 2. The predicted octanol–water partition coefficient (Wildman–Crippen LogP) is 5.10. The van der Waals surface area contributed by atoms with Gasteiger partial charge in [-0.2, -0.15) is 5.26 Å². The van der Waals surface area contributed by atoms with E-state index in [4.69, 9.17) is 9.47 Å². The maximum atomic E-state index is 14.3. The Morgan fingerprint density at radius 3 is 2.09 bits per heavy atom. The van der Waals surface area contributed by atoms with E-state index in [2.05, 4.69) is 10.6 Å². The second-order valence-corrected chi connectivity index (χ2v) is 13.4. The van der Waals surface area contributed by atoms with Crippen LogP contribution < -0.4 is 10.6 Å². The molecule has 11 nitrogen and oxygen atoms in total. The molecule has 0 aliphatic rings. The van der Waals surface area contributed by atoms with Gasteiger partial charge in [-0.1, -0.05) is 56.7 Å². The molecule has 250 valence electrons. The summed E-state index contributed by atoms with van der Waals surface area (Å²) >= 11 is 0. The van der Waals surface area contributed by atoms with Crippen LogP contribution in [0.4, 0.5) is 4.79 Å². The standard InChI is InChI=1S/C35H48N4O7/c1-10-22(2)28(38-33(44)46-35(7,8)9)31(42)39(19-18-36)29(25-16-17-27(40)23(3)20-25)30(41)37-26(32(43)45-34(4,5)6)21-24-14-12-11-13-15-24/h11-17,20,22,26,28-29,40H,10,19,21H2,1-9H3,(H,37,41)(H,38,44). The van der Waals surface area contributed by atoms with Gasteiger partial charge < -0.3 is 30.1 Å². The molecule has 2 aromatic carbocycles. The third-order valence-electron chi connectivity index (χ3n) is 7.06. The Labute approximate surface area is 272 Å². The molecule has 4 atom stereocenters. The molecule has 0 spiro atoms. The van der Waals surface area contributed by atoms with Crippen LogP contribution >= 0.6 is 0 Å². The second-order valence-electron chi connectivity index (χ2n) is 13.4. The molecule has 0 saturated carbocycles. The van der Waals surface area contributed by atoms with E-state index < -0.39 is 65.7 Å². The lowest BCUT2D eigenvalue weighted by Gasteiger charge is -2.35. The topological polar surface area (TPSA) is 158 Å². The molecule has 0 heterocycles. The SMILES string of the molecule is CCC(C)C(NC(=O)OC(C)(C)C)C(=O)N(CC#N)C(C(=O)NC(Cc1ccccc1)C(=O)OC(C)(C)C)c1ccc(O)c(C)c1. The van der Waals surface area contributed by atoms with Crippen molar-refractivity contribution in [2.75, 3.05) is 6.54 Å². The Morgan fingerprint density at radius 2 is 1.57 bits per heavy atom. The van der Waals surface area contributed by atoms with Gasteiger partial charge in [0.2, 0.25) is 11.8 Å². The minimum absolute atomic E-state index is 0.0270. The molecule has 4 unspecified atom stereocenters. The van der Waals surface area contributed by atoms with Crippen LogP contribution in [0, 0.1) is 24.2 Å². The zero-order valence-corrected chi connectivity index (χ0v) is 28.3. The van der Waals surface area contributed by atoms with Crippen molar-refractivity contribution in [3.8, 4) is 11.8 Å². The van der Waals surface area contributed by atoms with Crippen LogP contribution in [0.2, 0.25) is 0 Å². The van der Waals surface area contributed by atoms with Crippen LogP contribution in [-0.2, 0) is 30.3 Å². The number of hydrogen-bond donors (Lipinski definition) is 3. The van der Waals surface area contributed by atoms with Gasteiger partial charge >= 0.3 is 12.1 Å². The molecule has 2 rings (SSSR count). The van der Waals surface area contributed by atoms with Crippen LogP contribution in [0.3, 0.4) is 0 Å². The third-order valence-corrected chi connectivity index (χ3v) is 7.06. The van der Waals surface area contributed by atoms with Gasteiger partial charge in [0.25, 0.3) is 0 Å². The number of amides is 3. The summed E-state index contributed by atoms with van der Waals surface area (Å²) in [5.74, 6) is -2.54. The van der Waals surface area contributed by atoms with Crippen molar-refractivity contribution < 1.29 is 33.8 Å². The zero-order valence-electron chi connectivity index (χ0n) is 28.3. The molecule has 0 radical (unpaired) electrons. The van der Waals surface area contributed by atoms with Crippen molar-refractivity contribution in [1.29, 1.82) is 5.26 Å². The molecule has 0 aliphatic heterocycles. The Bertz CT molecular complexity index is 1410. The van der Waals surface area contributed by atoms with Crippen LogP contribution in [0.15, 0.2) is 48.5 Å². The molecule has 0 saturated heterocycles. The molecule has 2 aromatic rings. The summed E-state index contributed by atoms with van der Waals surface area (Å²) in [7, 11) is 0. The van der Waals surface area contributed by atoms with Gasteiger partial charge in [0, 0.05) is 6.42 Å². The fourth-order valence-electron chi connectivity index (χ4n) is 4.66. The smallest absolute Gasteiger partial charge is 0.408 e. The highest BCUT2D eigenvalue weighted by molar-refractivity contribution is 5.94. The Hall–Kier alpha value is -4.59. The maximum Gasteiger partial charge on any atom is 0.408 e. The summed E-state index contributed by atoms with van der Waals surface area (Å²) in [5, 5.41) is 25.5. The highest BCUT2D eigenvalue weighted by atomic mass is 16.6. The summed E-state index contributed by atoms with van der Waals surface area (Å²) in [6.45, 7) is 15.0. The number of alkyl carbamates (subject to hydrolysis) is 1. The van der Waals surface area contributed by atoms with E-state index >= 15 is 0 Å². The number of carbonyl (C=O) groups excluding carboxylic acids is 4. The molecule has 0 bridgehead atoms. The van der Waals surface area contributed by atoms with E-state index in [-0.39, 0.29) is 12.2 Å². The quantitative estimate of drug-likeness (QED) is 0.214. The van der Waals surface area contributed by atoms with Crippen molar-refractivity contribution in [2.24, 2.45) is 5.92 Å². The zero-order chi connectivity index (χ0) is 34.8. The Balaban J connectivity index is 2.64. The van der Waals surface area contributed by atoms with Gasteiger partial charge in [0.15, 0.2) is 0 Å². The van der Waals surface area contributed by atoms with Crippen molar-refractivity contribution in [3.05, 3.63) is 65.2 Å². The number of ether oxygens (including phenoxy) is 2. The first kappa shape index (κ1) is 37.6. The summed E-state index contributed by atoms with van der Waals surface area (Å²) in [4.78, 5) is 55.9. The van der Waals surface area contributed by atoms with Crippen LogP contribution in [0.5, 0.6) is 5.75 Å². The molecular weight excluding hydrogens is 588 g/mol. The Kier molecular flexibility index (Phi) is 13.2. The fourth-order valence-corrected chi connectivity index (χ4v) is 4.66. The van der Waals surface area contributed by atoms with Gasteiger partial charge in [-0.25, -0.2) is 9.59 Å². The highest BCUT2D eigenvalue weighted by Crippen LogP contribution is 2.28. The van der Waals surface area contributed by atoms with Crippen molar-refractivity contribution in [1.82, 2.24) is 15.5 Å². The molecule has 0 aromatic heterocycles. The average Bonchev–Trinajstić information content (AvgIpc) is 2.95. The van der Waals surface area contributed by atoms with Gasteiger partial charge in [-0.05, 0) is 83.2 Å². The second kappa shape index (κ2) is 16.1. The number of esters is 1. The summed E-state index contributed by atoms with van der Waals surface area (Å²) in [6.07, 6.45) is -0.234. The number of phenols is 1. The summed E-state index contributed by atoms with van der Waals surface area (Å²) < 4.78 is 11.0. The van der Waals surface area contributed by atoms with Gasteiger partial charge in [0.05, 0.1) is 6.07 Å². The number of nitriles is 1. The maximum absolute atomic E-state index is 14.3. The number of carbonyl (C=O) groups is 4. The number of nitrogens with one attached hydrogen (secondary N) is 2. The predicted molar refractivity (Wildman–Crippen MR) is 173 cm³/mol. The number of aromatic hydroxyl groups is 1. The average molecular weight is 637 g/mol. The van der Waals surface area contributed by atoms with E-state index in [0.717, 1.165) is 10.5 Å². The number of phenolic OH excluding ortho intramolecular Hbond substituents is 1. The first-order valence-electron chi connectivity index (χ1n) is 15.4. The first-order chi connectivity index (χ1) is 21.4. The fraction of sp³-hybridized carbons (Fsp3) is 0.514. The van der Waals surface area contributed by atoms with Crippen LogP contribution in [0.25, 0.3) is 0 Å². The normalized spacial score (nSPS) is 14.1.